The van der Waals surface area contributed by atoms with Crippen LogP contribution in [0.25, 0.3) is 11.2 Å². The molecule has 18 heteroatoms. The van der Waals surface area contributed by atoms with Crippen LogP contribution in [0.5, 0.6) is 23.0 Å². The Morgan fingerprint density at radius 1 is 1.05 bits per heavy atom. The number of benzene rings is 2. The number of hydrogen-bond donors (Lipinski definition) is 4. The molecule has 0 radical (unpaired) electrons. The van der Waals surface area contributed by atoms with Crippen LogP contribution in [-0.4, -0.2) is 74.8 Å². The number of nitrogen functional groups attached to an aromatic ring is 1. The van der Waals surface area contributed by atoms with Crippen molar-refractivity contribution >= 4 is 24.9 Å². The molecule has 5 N–H and O–H groups in total. The number of H-pyrrole nitrogens is 1. The predicted molar refractivity (Wildman–Crippen MR) is 144 cm³/mol. The third kappa shape index (κ3) is 5.85. The van der Waals surface area contributed by atoms with E-state index in [2.05, 4.69) is 15.0 Å². The highest BCUT2D eigenvalue weighted by atomic mass is 31.2. The second-order valence-electron chi connectivity index (χ2n) is 9.23. The summed E-state index contributed by atoms with van der Waals surface area (Å²) < 4.78 is 76.2. The normalized spacial score (nSPS) is 22.2. The second-order valence-corrected chi connectivity index (χ2v) is 10.7. The van der Waals surface area contributed by atoms with E-state index >= 15 is 0 Å². The van der Waals surface area contributed by atoms with Gasteiger partial charge in [-0.3, -0.25) is 18.9 Å². The Bertz CT molecular complexity index is 1630. The smallest absolute Gasteiger partial charge is 0.497 e. The number of alkyl halides is 2. The Balaban J connectivity index is 1.46. The minimum atomic E-state index is -4.80. The molecule has 15 nitrogen and oxygen atoms in total. The van der Waals surface area contributed by atoms with Gasteiger partial charge in [0.05, 0.1) is 27.2 Å². The number of phosphoric acid groups is 1. The molecule has 2 aromatic heterocycles. The molecule has 0 bridgehead atoms. The van der Waals surface area contributed by atoms with E-state index in [0.29, 0.717) is 11.5 Å². The van der Waals surface area contributed by atoms with Crippen LogP contribution >= 0.6 is 7.82 Å². The van der Waals surface area contributed by atoms with Crippen LogP contribution in [0.15, 0.2) is 59.7 Å². The molecule has 1 fully saturated rings. The summed E-state index contributed by atoms with van der Waals surface area (Å²) in [5, 5.41) is 21.6. The highest BCUT2D eigenvalue weighted by molar-refractivity contribution is 7.49. The molecular formula is C25H26F2N5O10P. The van der Waals surface area contributed by atoms with Crippen molar-refractivity contribution in [1.82, 2.24) is 19.5 Å². The first-order valence-corrected chi connectivity index (χ1v) is 13.9. The Kier molecular flexibility index (Phi) is 8.27. The molecule has 0 aliphatic carbocycles. The zero-order valence-corrected chi connectivity index (χ0v) is 23.4. The number of hydrogen-bond acceptors (Lipinski definition) is 13. The van der Waals surface area contributed by atoms with Gasteiger partial charge in [0.25, 0.3) is 12.0 Å². The van der Waals surface area contributed by atoms with Crippen molar-refractivity contribution in [3.8, 4) is 23.0 Å². The van der Waals surface area contributed by atoms with Crippen molar-refractivity contribution in [3.05, 3.63) is 65.2 Å². The van der Waals surface area contributed by atoms with Crippen molar-refractivity contribution in [1.29, 1.82) is 0 Å². The molecule has 1 aliphatic heterocycles. The van der Waals surface area contributed by atoms with Gasteiger partial charge in [-0.15, -0.1) is 0 Å². The monoisotopic (exact) mass is 625 g/mol. The van der Waals surface area contributed by atoms with Gasteiger partial charge in [0.2, 0.25) is 5.95 Å². The van der Waals surface area contributed by atoms with Gasteiger partial charge in [-0.25, -0.2) is 18.3 Å². The molecule has 0 spiro atoms. The van der Waals surface area contributed by atoms with Crippen molar-refractivity contribution in [2.45, 2.75) is 30.5 Å². The van der Waals surface area contributed by atoms with E-state index in [0.717, 1.165) is 10.9 Å². The van der Waals surface area contributed by atoms with Gasteiger partial charge < -0.3 is 39.2 Å². The summed E-state index contributed by atoms with van der Waals surface area (Å²) in [5.41, 5.74) is 1.47. The van der Waals surface area contributed by atoms with Crippen molar-refractivity contribution in [2.24, 2.45) is 0 Å². The van der Waals surface area contributed by atoms with Gasteiger partial charge >= 0.3 is 7.82 Å². The average molecular weight is 625 g/mol. The minimum absolute atomic E-state index is 0.0340. The third-order valence-electron chi connectivity index (χ3n) is 6.55. The number of imidazole rings is 1. The van der Waals surface area contributed by atoms with Gasteiger partial charge in [-0.1, -0.05) is 0 Å². The van der Waals surface area contributed by atoms with Crippen LogP contribution < -0.4 is 29.8 Å². The maximum absolute atomic E-state index is 14.7. The van der Waals surface area contributed by atoms with Gasteiger partial charge in [0, 0.05) is 0 Å². The Labute approximate surface area is 241 Å². The fraction of sp³-hybridized carbons (Fsp3) is 0.320. The van der Waals surface area contributed by atoms with Gasteiger partial charge in [-0.2, -0.15) is 4.98 Å². The number of rotatable bonds is 11. The molecular weight excluding hydrogens is 599 g/mol. The molecule has 4 aromatic rings. The van der Waals surface area contributed by atoms with E-state index in [9.17, 15) is 28.4 Å². The SMILES string of the molecule is COc1ccc(OP(=O)(OC[C@@]2(C(F)F)O[C@@H](n3cnc4c(=O)[nH]c(N)nc43)[C@H](O)[C@H]2O)Oc2ccc(OC)cc2)cc1. The molecule has 0 amide bonds. The number of nitrogens with one attached hydrogen (secondary N) is 1. The Hall–Kier alpha value is -4.28. The van der Waals surface area contributed by atoms with E-state index in [-0.39, 0.29) is 28.6 Å². The predicted octanol–water partition coefficient (Wildman–Crippen LogP) is 2.26. The molecule has 230 valence electrons. The summed E-state index contributed by atoms with van der Waals surface area (Å²) in [6, 6.07) is 11.4. The number of nitrogens with zero attached hydrogens (tertiary/aromatic N) is 3. The summed E-state index contributed by atoms with van der Waals surface area (Å²) in [5.74, 6) is 0.511. The van der Waals surface area contributed by atoms with Crippen LogP contribution in [0.3, 0.4) is 0 Å². The van der Waals surface area contributed by atoms with E-state index in [1.54, 1.807) is 0 Å². The highest BCUT2D eigenvalue weighted by Crippen LogP contribution is 2.52. The lowest BCUT2D eigenvalue weighted by molar-refractivity contribution is -0.192. The Morgan fingerprint density at radius 2 is 1.58 bits per heavy atom. The molecule has 3 heterocycles. The number of phosphoric ester groups is 1. The number of halogens is 2. The summed E-state index contributed by atoms with van der Waals surface area (Å²) in [6.07, 6.45) is -8.56. The standard InChI is InChI=1S/C25H26F2N5O10P/c1-37-13-3-7-15(8-4-13)41-43(36,42-16-9-5-14(38-2)6-10-16)39-11-25(23(26)27)19(34)18(33)22(40-25)32-12-29-17-20(32)30-24(28)31-21(17)35/h3-10,12,18-19,22-23,33-34H,11H2,1-2H3,(H3,28,30,31,35)/t18-,19-,22-,25-/m1/s1. The largest absolute Gasteiger partial charge is 0.587 e. The van der Waals surface area contributed by atoms with Crippen LogP contribution in [0, 0.1) is 0 Å². The van der Waals surface area contributed by atoms with Gasteiger partial charge in [-0.05, 0) is 48.5 Å². The van der Waals surface area contributed by atoms with E-state index < -0.39 is 50.5 Å². The zero-order valence-electron chi connectivity index (χ0n) is 22.5. The molecule has 0 saturated carbocycles. The number of nitrogens with two attached hydrogens (primary N) is 1. The number of ether oxygens (including phenoxy) is 3. The summed E-state index contributed by atoms with van der Waals surface area (Å²) in [7, 11) is -1.93. The molecule has 1 aliphatic rings. The maximum Gasteiger partial charge on any atom is 0.587 e. The first kappa shape index (κ1) is 30.2. The summed E-state index contributed by atoms with van der Waals surface area (Å²) >= 11 is 0. The van der Waals surface area contributed by atoms with Crippen LogP contribution in [0.2, 0.25) is 0 Å². The maximum atomic E-state index is 14.7. The molecule has 0 unspecified atom stereocenters. The van der Waals surface area contributed by atoms with E-state index in [1.807, 2.05) is 0 Å². The van der Waals surface area contributed by atoms with Crippen molar-refractivity contribution in [2.75, 3.05) is 26.6 Å². The zero-order chi connectivity index (χ0) is 30.9. The second kappa shape index (κ2) is 11.8. The molecule has 43 heavy (non-hydrogen) atoms. The van der Waals surface area contributed by atoms with Crippen LogP contribution in [0.1, 0.15) is 6.23 Å². The lowest BCUT2D eigenvalue weighted by Gasteiger charge is -2.31. The molecule has 2 aromatic carbocycles. The minimum Gasteiger partial charge on any atom is -0.497 e. The first-order valence-electron chi connectivity index (χ1n) is 12.4. The number of aliphatic hydroxyl groups is 2. The molecule has 1 saturated heterocycles. The number of methoxy groups -OCH3 is 2. The summed E-state index contributed by atoms with van der Waals surface area (Å²) in [6.45, 7) is -1.29. The van der Waals surface area contributed by atoms with E-state index in [1.165, 1.54) is 62.8 Å². The number of aromatic nitrogens is 4. The number of fused-ring (bicyclic) bond motifs is 1. The highest BCUT2D eigenvalue weighted by Gasteiger charge is 2.62. The number of aliphatic hydroxyl groups excluding tert-OH is 2. The van der Waals surface area contributed by atoms with Gasteiger partial charge in [0.15, 0.2) is 23.0 Å². The average Bonchev–Trinajstić information content (AvgIpc) is 3.52. The number of anilines is 1. The lowest BCUT2D eigenvalue weighted by Crippen LogP contribution is -2.52. The topological polar surface area (TPSA) is 202 Å². The third-order valence-corrected chi connectivity index (χ3v) is 7.87. The lowest BCUT2D eigenvalue weighted by atomic mass is 9.96. The fourth-order valence-electron chi connectivity index (χ4n) is 4.31. The Morgan fingerprint density at radius 3 is 2.09 bits per heavy atom. The van der Waals surface area contributed by atoms with Gasteiger partial charge in [0.1, 0.15) is 35.2 Å². The first-order chi connectivity index (χ1) is 20.5. The van der Waals surface area contributed by atoms with Crippen molar-refractivity contribution < 1.29 is 51.3 Å². The molecule has 4 atom stereocenters. The quantitative estimate of drug-likeness (QED) is 0.177. The number of aromatic amines is 1. The van der Waals surface area contributed by atoms with Crippen LogP contribution in [0.4, 0.5) is 14.7 Å². The fourth-order valence-corrected chi connectivity index (χ4v) is 5.57. The van der Waals surface area contributed by atoms with Crippen molar-refractivity contribution in [3.63, 3.8) is 0 Å². The van der Waals surface area contributed by atoms with Crippen LogP contribution in [-0.2, 0) is 13.8 Å². The van der Waals surface area contributed by atoms with E-state index in [4.69, 9.17) is 33.5 Å². The molecule has 5 rings (SSSR count). The summed E-state index contributed by atoms with van der Waals surface area (Å²) in [4.78, 5) is 22.2.